The smallest absolute Gasteiger partial charge is 0.248 e. The fourth-order valence-corrected chi connectivity index (χ4v) is 3.89. The Morgan fingerprint density at radius 3 is 2.59 bits per heavy atom. The van der Waals surface area contributed by atoms with Crippen LogP contribution in [0.5, 0.6) is 11.5 Å². The van der Waals surface area contributed by atoms with Gasteiger partial charge in [-0.25, -0.2) is 0 Å². The maximum Gasteiger partial charge on any atom is 0.248 e. The average molecular weight is 377 g/mol. The highest BCUT2D eigenvalue weighted by molar-refractivity contribution is 5.77. The van der Waals surface area contributed by atoms with Crippen molar-refractivity contribution >= 4 is 5.91 Å². The summed E-state index contributed by atoms with van der Waals surface area (Å²) in [6, 6.07) is 5.84. The van der Waals surface area contributed by atoms with E-state index in [-0.39, 0.29) is 11.8 Å². The van der Waals surface area contributed by atoms with Crippen molar-refractivity contribution in [1.29, 1.82) is 0 Å². The minimum atomic E-state index is -1.00. The Morgan fingerprint density at radius 2 is 2.04 bits per heavy atom. The van der Waals surface area contributed by atoms with Gasteiger partial charge in [0.15, 0.2) is 11.5 Å². The van der Waals surface area contributed by atoms with Gasteiger partial charge in [0.2, 0.25) is 5.91 Å². The van der Waals surface area contributed by atoms with E-state index in [9.17, 15) is 15.0 Å². The molecule has 1 saturated heterocycles. The van der Waals surface area contributed by atoms with E-state index in [1.807, 2.05) is 25.1 Å². The lowest BCUT2D eigenvalue weighted by Crippen LogP contribution is -2.46. The first kappa shape index (κ1) is 20.0. The normalized spacial score (nSPS) is 25.6. The first-order valence-corrected chi connectivity index (χ1v) is 9.61. The van der Waals surface area contributed by atoms with Crippen LogP contribution in [0.2, 0.25) is 0 Å². The lowest BCUT2D eigenvalue weighted by molar-refractivity contribution is -0.134. The van der Waals surface area contributed by atoms with Crippen LogP contribution in [0.3, 0.4) is 0 Å². The molecule has 27 heavy (non-hydrogen) atoms. The zero-order valence-corrected chi connectivity index (χ0v) is 16.7. The van der Waals surface area contributed by atoms with Gasteiger partial charge < -0.3 is 24.6 Å². The number of nitrogens with zero attached hydrogens (tertiary/aromatic N) is 1. The van der Waals surface area contributed by atoms with Crippen LogP contribution in [-0.2, 0) is 4.79 Å². The summed E-state index contributed by atoms with van der Waals surface area (Å²) in [6.45, 7) is 6.56. The summed E-state index contributed by atoms with van der Waals surface area (Å²) in [4.78, 5) is 13.7. The number of ether oxygens (including phenoxy) is 2. The Balaban J connectivity index is 1.93. The van der Waals surface area contributed by atoms with Gasteiger partial charge in [0.1, 0.15) is 6.61 Å². The average Bonchev–Trinajstić information content (AvgIpc) is 3.39. The third-order valence-corrected chi connectivity index (χ3v) is 6.34. The molecule has 0 bridgehead atoms. The summed E-state index contributed by atoms with van der Waals surface area (Å²) in [5.74, 6) is 1.62. The number of methoxy groups -OCH3 is 1. The Kier molecular flexibility index (Phi) is 5.41. The number of hydrogen-bond donors (Lipinski definition) is 2. The van der Waals surface area contributed by atoms with Gasteiger partial charge in [-0.2, -0.15) is 0 Å². The summed E-state index contributed by atoms with van der Waals surface area (Å²) in [5, 5.41) is 20.2. The molecule has 1 saturated carbocycles. The Bertz CT molecular complexity index is 694. The van der Waals surface area contributed by atoms with E-state index < -0.39 is 17.6 Å². The first-order chi connectivity index (χ1) is 12.7. The molecule has 0 aromatic heterocycles. The van der Waals surface area contributed by atoms with Crippen molar-refractivity contribution in [2.24, 2.45) is 11.3 Å². The SMILES string of the molecule is COc1ccc([C@@H]2CN(C(=O)CO)C[C@@]2(C)C(C)(C)O)cc1OCC1CC1. The quantitative estimate of drug-likeness (QED) is 0.761. The van der Waals surface area contributed by atoms with E-state index >= 15 is 0 Å². The predicted octanol–water partition coefficient (Wildman–Crippen LogP) is 2.18. The predicted molar refractivity (Wildman–Crippen MR) is 102 cm³/mol. The van der Waals surface area contributed by atoms with E-state index in [1.165, 1.54) is 12.8 Å². The molecule has 0 unspecified atom stereocenters. The van der Waals surface area contributed by atoms with Gasteiger partial charge in [-0.3, -0.25) is 4.79 Å². The van der Waals surface area contributed by atoms with E-state index in [1.54, 1.807) is 25.9 Å². The van der Waals surface area contributed by atoms with Gasteiger partial charge in [-0.1, -0.05) is 13.0 Å². The van der Waals surface area contributed by atoms with Crippen LogP contribution < -0.4 is 9.47 Å². The van der Waals surface area contributed by atoms with Crippen LogP contribution in [0.1, 0.15) is 45.1 Å². The Labute approximate surface area is 161 Å². The molecule has 0 spiro atoms. The molecular formula is C21H31NO5. The lowest BCUT2D eigenvalue weighted by atomic mass is 9.66. The number of aliphatic hydroxyl groups is 2. The fraction of sp³-hybridized carbons (Fsp3) is 0.667. The molecule has 6 nitrogen and oxygen atoms in total. The third-order valence-electron chi connectivity index (χ3n) is 6.34. The molecule has 2 fully saturated rings. The molecule has 150 valence electrons. The highest BCUT2D eigenvalue weighted by atomic mass is 16.5. The molecule has 1 aromatic rings. The van der Waals surface area contributed by atoms with Gasteiger partial charge in [-0.05, 0) is 50.3 Å². The van der Waals surface area contributed by atoms with Gasteiger partial charge in [0, 0.05) is 24.4 Å². The van der Waals surface area contributed by atoms with Crippen molar-refractivity contribution in [3.63, 3.8) is 0 Å². The number of rotatable bonds is 7. The largest absolute Gasteiger partial charge is 0.493 e. The number of hydrogen-bond acceptors (Lipinski definition) is 5. The van der Waals surface area contributed by atoms with Crippen LogP contribution in [0.25, 0.3) is 0 Å². The minimum Gasteiger partial charge on any atom is -0.493 e. The number of amides is 1. The Hall–Kier alpha value is -1.79. The standard InChI is InChI=1S/C21H31NO5/c1-20(2,25)21(3)13-22(19(24)11-23)10-16(21)15-7-8-17(26-4)18(9-15)27-12-14-5-6-14/h7-9,14,16,23,25H,5-6,10-13H2,1-4H3/t16-,21+/m0/s1. The molecule has 3 rings (SSSR count). The lowest BCUT2D eigenvalue weighted by Gasteiger charge is -2.41. The molecule has 1 aliphatic carbocycles. The van der Waals surface area contributed by atoms with Gasteiger partial charge >= 0.3 is 0 Å². The second-order valence-electron chi connectivity index (χ2n) is 8.63. The Morgan fingerprint density at radius 1 is 1.33 bits per heavy atom. The molecule has 0 radical (unpaired) electrons. The molecule has 2 aliphatic rings. The zero-order chi connectivity index (χ0) is 19.8. The van der Waals surface area contributed by atoms with Gasteiger partial charge in [0.05, 0.1) is 19.3 Å². The molecule has 1 heterocycles. The summed E-state index contributed by atoms with van der Waals surface area (Å²) < 4.78 is 11.4. The minimum absolute atomic E-state index is 0.0813. The molecule has 2 atom stereocenters. The second kappa shape index (κ2) is 7.32. The monoisotopic (exact) mass is 377 g/mol. The van der Waals surface area contributed by atoms with Crippen molar-refractivity contribution < 1.29 is 24.5 Å². The fourth-order valence-electron chi connectivity index (χ4n) is 3.89. The van der Waals surface area contributed by atoms with Crippen molar-refractivity contribution in [3.8, 4) is 11.5 Å². The summed E-state index contributed by atoms with van der Waals surface area (Å²) >= 11 is 0. The van der Waals surface area contributed by atoms with E-state index in [0.717, 1.165) is 5.56 Å². The van der Waals surface area contributed by atoms with Crippen LogP contribution >= 0.6 is 0 Å². The van der Waals surface area contributed by atoms with Crippen molar-refractivity contribution in [3.05, 3.63) is 23.8 Å². The molecule has 1 aliphatic heterocycles. The van der Waals surface area contributed by atoms with E-state index in [2.05, 4.69) is 0 Å². The number of carbonyl (C=O) groups is 1. The topological polar surface area (TPSA) is 79.2 Å². The number of aliphatic hydroxyl groups excluding tert-OH is 1. The number of benzene rings is 1. The highest BCUT2D eigenvalue weighted by Crippen LogP contribution is 2.50. The van der Waals surface area contributed by atoms with Crippen molar-refractivity contribution in [2.45, 2.75) is 45.1 Å². The zero-order valence-electron chi connectivity index (χ0n) is 16.7. The summed E-state index contributed by atoms with van der Waals surface area (Å²) in [6.07, 6.45) is 2.42. The molecular weight excluding hydrogens is 346 g/mol. The van der Waals surface area contributed by atoms with Crippen molar-refractivity contribution in [2.75, 3.05) is 33.4 Å². The van der Waals surface area contributed by atoms with E-state index in [4.69, 9.17) is 9.47 Å². The maximum atomic E-state index is 12.1. The van der Waals surface area contributed by atoms with E-state index in [0.29, 0.717) is 37.1 Å². The van der Waals surface area contributed by atoms with Crippen LogP contribution in [0.15, 0.2) is 18.2 Å². The molecule has 6 heteroatoms. The first-order valence-electron chi connectivity index (χ1n) is 9.61. The van der Waals surface area contributed by atoms with Crippen LogP contribution in [0, 0.1) is 11.3 Å². The van der Waals surface area contributed by atoms with Crippen LogP contribution in [0.4, 0.5) is 0 Å². The molecule has 1 amide bonds. The maximum absolute atomic E-state index is 12.1. The van der Waals surface area contributed by atoms with Crippen molar-refractivity contribution in [1.82, 2.24) is 4.90 Å². The second-order valence-corrected chi connectivity index (χ2v) is 8.63. The highest BCUT2D eigenvalue weighted by Gasteiger charge is 2.53. The summed E-state index contributed by atoms with van der Waals surface area (Å²) in [7, 11) is 1.62. The summed E-state index contributed by atoms with van der Waals surface area (Å²) in [5.41, 5.74) is -0.559. The number of likely N-dealkylation sites (tertiary alicyclic amines) is 1. The third kappa shape index (κ3) is 3.92. The van der Waals surface area contributed by atoms with Gasteiger partial charge in [-0.15, -0.1) is 0 Å². The van der Waals surface area contributed by atoms with Gasteiger partial charge in [0.25, 0.3) is 0 Å². The molecule has 1 aromatic carbocycles. The van der Waals surface area contributed by atoms with Crippen LogP contribution in [-0.4, -0.2) is 60.0 Å². The number of carbonyl (C=O) groups excluding carboxylic acids is 1. The molecule has 2 N–H and O–H groups in total.